The maximum atomic E-state index is 11.7. The summed E-state index contributed by atoms with van der Waals surface area (Å²) < 4.78 is 0. The van der Waals surface area contributed by atoms with Crippen molar-refractivity contribution in [2.24, 2.45) is 5.92 Å². The smallest absolute Gasteiger partial charge is 0.246 e. The number of piperazine rings is 1. The fourth-order valence-corrected chi connectivity index (χ4v) is 1.71. The highest BCUT2D eigenvalue weighted by Gasteiger charge is 2.33. The Morgan fingerprint density at radius 1 is 1.21 bits per heavy atom. The molecule has 14 heavy (non-hydrogen) atoms. The lowest BCUT2D eigenvalue weighted by Gasteiger charge is -2.32. The number of hydrogen-bond donors (Lipinski definition) is 1. The zero-order valence-electron chi connectivity index (χ0n) is 7.78. The van der Waals surface area contributed by atoms with E-state index in [1.807, 2.05) is 0 Å². The molecule has 1 heterocycles. The van der Waals surface area contributed by atoms with E-state index in [9.17, 15) is 14.4 Å². The first-order valence-electron chi connectivity index (χ1n) is 4.78. The highest BCUT2D eigenvalue weighted by atomic mass is 16.2. The number of carbonyl (C=O) groups is 3. The molecule has 0 atom stereocenters. The summed E-state index contributed by atoms with van der Waals surface area (Å²) in [5, 5.41) is 2.17. The van der Waals surface area contributed by atoms with Gasteiger partial charge in [-0.3, -0.25) is 19.7 Å². The summed E-state index contributed by atoms with van der Waals surface area (Å²) in [6, 6.07) is 0. The highest BCUT2D eigenvalue weighted by molar-refractivity contribution is 6.02. The lowest BCUT2D eigenvalue weighted by atomic mass is 9.84. The Kier molecular flexibility index (Phi) is 2.23. The molecule has 3 amide bonds. The van der Waals surface area contributed by atoms with E-state index in [1.54, 1.807) is 0 Å². The summed E-state index contributed by atoms with van der Waals surface area (Å²) in [7, 11) is 0. The Labute approximate surface area is 81.4 Å². The van der Waals surface area contributed by atoms with E-state index in [1.165, 1.54) is 4.90 Å². The molecule has 1 saturated carbocycles. The van der Waals surface area contributed by atoms with Crippen LogP contribution in [0.3, 0.4) is 0 Å². The molecule has 5 heteroatoms. The molecule has 1 saturated heterocycles. The second kappa shape index (κ2) is 3.40. The van der Waals surface area contributed by atoms with Gasteiger partial charge in [0.05, 0.1) is 0 Å². The summed E-state index contributed by atoms with van der Waals surface area (Å²) in [6.45, 7) is 0.0577. The Bertz CT molecular complexity index is 280. The summed E-state index contributed by atoms with van der Waals surface area (Å²) in [6.07, 6.45) is 2.86. The van der Waals surface area contributed by atoms with Crippen molar-refractivity contribution >= 4 is 17.7 Å². The molecule has 0 unspecified atom stereocenters. The zero-order valence-corrected chi connectivity index (χ0v) is 7.78. The lowest BCUT2D eigenvalue weighted by molar-refractivity contribution is -0.149. The number of rotatable bonds is 1. The van der Waals surface area contributed by atoms with Gasteiger partial charge in [0.1, 0.15) is 13.1 Å². The van der Waals surface area contributed by atoms with Crippen LogP contribution in [0.15, 0.2) is 0 Å². The second-order valence-corrected chi connectivity index (χ2v) is 3.79. The highest BCUT2D eigenvalue weighted by Crippen LogP contribution is 2.28. The standard InChI is InChI=1S/C9H12N2O3/c12-7-4-11(5-8(13)10-7)9(14)6-2-1-3-6/h6H,1-5H2,(H,10,12,13). The number of amides is 3. The van der Waals surface area contributed by atoms with Gasteiger partial charge >= 0.3 is 0 Å². The number of hydrogen-bond acceptors (Lipinski definition) is 3. The Balaban J connectivity index is 1.98. The summed E-state index contributed by atoms with van der Waals surface area (Å²) >= 11 is 0. The van der Waals surface area contributed by atoms with Crippen LogP contribution in [0.4, 0.5) is 0 Å². The minimum Gasteiger partial charge on any atom is -0.324 e. The molecule has 0 bridgehead atoms. The molecule has 2 aliphatic rings. The van der Waals surface area contributed by atoms with Crippen molar-refractivity contribution in [3.63, 3.8) is 0 Å². The topological polar surface area (TPSA) is 66.5 Å². The molecule has 1 aliphatic heterocycles. The molecule has 0 radical (unpaired) electrons. The van der Waals surface area contributed by atoms with Crippen molar-refractivity contribution in [3.05, 3.63) is 0 Å². The van der Waals surface area contributed by atoms with Crippen molar-refractivity contribution in [3.8, 4) is 0 Å². The summed E-state index contributed by atoms with van der Waals surface area (Å²) in [4.78, 5) is 35.0. The Morgan fingerprint density at radius 2 is 1.79 bits per heavy atom. The molecule has 0 spiro atoms. The van der Waals surface area contributed by atoms with Crippen molar-refractivity contribution in [2.45, 2.75) is 19.3 Å². The van der Waals surface area contributed by atoms with E-state index in [-0.39, 0.29) is 36.7 Å². The van der Waals surface area contributed by atoms with Crippen LogP contribution >= 0.6 is 0 Å². The summed E-state index contributed by atoms with van der Waals surface area (Å²) in [5.41, 5.74) is 0. The van der Waals surface area contributed by atoms with Gasteiger partial charge in [-0.15, -0.1) is 0 Å². The van der Waals surface area contributed by atoms with E-state index in [2.05, 4.69) is 5.32 Å². The van der Waals surface area contributed by atoms with Gasteiger partial charge in [0, 0.05) is 5.92 Å². The van der Waals surface area contributed by atoms with Gasteiger partial charge in [-0.2, -0.15) is 0 Å². The van der Waals surface area contributed by atoms with E-state index in [0.717, 1.165) is 19.3 Å². The van der Waals surface area contributed by atoms with Gasteiger partial charge in [-0.1, -0.05) is 6.42 Å². The maximum Gasteiger partial charge on any atom is 0.246 e. The van der Waals surface area contributed by atoms with E-state index in [4.69, 9.17) is 0 Å². The fraction of sp³-hybridized carbons (Fsp3) is 0.667. The molecule has 5 nitrogen and oxygen atoms in total. The number of carbonyl (C=O) groups excluding carboxylic acids is 3. The zero-order chi connectivity index (χ0) is 10.1. The molecule has 2 rings (SSSR count). The van der Waals surface area contributed by atoms with Crippen molar-refractivity contribution < 1.29 is 14.4 Å². The van der Waals surface area contributed by atoms with Gasteiger partial charge < -0.3 is 4.90 Å². The Hall–Kier alpha value is -1.39. The number of nitrogens with zero attached hydrogens (tertiary/aromatic N) is 1. The third kappa shape index (κ3) is 1.62. The van der Waals surface area contributed by atoms with Gasteiger partial charge in [-0.05, 0) is 12.8 Å². The van der Waals surface area contributed by atoms with Crippen LogP contribution in [-0.4, -0.2) is 35.7 Å². The minimum absolute atomic E-state index is 0.0288. The SMILES string of the molecule is O=C1CN(C(=O)C2CCC2)CC(=O)N1. The number of imide groups is 1. The van der Waals surface area contributed by atoms with Gasteiger partial charge in [0.25, 0.3) is 0 Å². The van der Waals surface area contributed by atoms with Crippen LogP contribution in [0, 0.1) is 5.92 Å². The molecule has 76 valence electrons. The number of nitrogens with one attached hydrogen (secondary N) is 1. The van der Waals surface area contributed by atoms with E-state index >= 15 is 0 Å². The van der Waals surface area contributed by atoms with Crippen molar-refractivity contribution in [1.29, 1.82) is 0 Å². The third-order valence-electron chi connectivity index (χ3n) is 2.71. The van der Waals surface area contributed by atoms with Gasteiger partial charge in [0.2, 0.25) is 17.7 Å². The molecule has 0 aromatic heterocycles. The molecule has 0 aromatic rings. The molecular formula is C9H12N2O3. The fourth-order valence-electron chi connectivity index (χ4n) is 1.71. The maximum absolute atomic E-state index is 11.7. The van der Waals surface area contributed by atoms with Crippen LogP contribution in [0.25, 0.3) is 0 Å². The van der Waals surface area contributed by atoms with Crippen LogP contribution in [0.5, 0.6) is 0 Å². The molecule has 1 N–H and O–H groups in total. The largest absolute Gasteiger partial charge is 0.324 e. The van der Waals surface area contributed by atoms with Crippen LogP contribution < -0.4 is 5.32 Å². The van der Waals surface area contributed by atoms with Crippen LogP contribution in [-0.2, 0) is 14.4 Å². The van der Waals surface area contributed by atoms with Crippen LogP contribution in [0.2, 0.25) is 0 Å². The normalized spacial score (nSPS) is 23.0. The third-order valence-corrected chi connectivity index (χ3v) is 2.71. The second-order valence-electron chi connectivity index (χ2n) is 3.79. The summed E-state index contributed by atoms with van der Waals surface area (Å²) in [5.74, 6) is -0.754. The predicted molar refractivity (Wildman–Crippen MR) is 47.1 cm³/mol. The van der Waals surface area contributed by atoms with Gasteiger partial charge in [-0.25, -0.2) is 0 Å². The molecular weight excluding hydrogens is 184 g/mol. The Morgan fingerprint density at radius 3 is 2.21 bits per heavy atom. The molecule has 1 aliphatic carbocycles. The monoisotopic (exact) mass is 196 g/mol. The van der Waals surface area contributed by atoms with Gasteiger partial charge in [0.15, 0.2) is 0 Å². The average molecular weight is 196 g/mol. The van der Waals surface area contributed by atoms with Crippen molar-refractivity contribution in [2.75, 3.05) is 13.1 Å². The molecule has 0 aromatic carbocycles. The van der Waals surface area contributed by atoms with Crippen molar-refractivity contribution in [1.82, 2.24) is 10.2 Å². The van der Waals surface area contributed by atoms with E-state index in [0.29, 0.717) is 0 Å². The average Bonchev–Trinajstić information content (AvgIpc) is 1.98. The first-order chi connectivity index (χ1) is 6.66. The lowest BCUT2D eigenvalue weighted by Crippen LogP contribution is -2.55. The minimum atomic E-state index is -0.381. The first-order valence-corrected chi connectivity index (χ1v) is 4.78. The molecule has 2 fully saturated rings. The van der Waals surface area contributed by atoms with E-state index < -0.39 is 0 Å². The predicted octanol–water partition coefficient (Wildman–Crippen LogP) is -0.728. The quantitative estimate of drug-likeness (QED) is 0.562. The first kappa shape index (κ1) is 9.18. The van der Waals surface area contributed by atoms with Crippen LogP contribution in [0.1, 0.15) is 19.3 Å².